The Kier molecular flexibility index (Phi) is 6.37. The van der Waals surface area contributed by atoms with Crippen LogP contribution in [0.2, 0.25) is 0 Å². The van der Waals surface area contributed by atoms with E-state index in [9.17, 15) is 9.59 Å². The van der Waals surface area contributed by atoms with Crippen LogP contribution in [-0.4, -0.2) is 54.3 Å². The molecule has 1 aromatic rings. The van der Waals surface area contributed by atoms with Crippen LogP contribution in [0.15, 0.2) is 24.3 Å². The van der Waals surface area contributed by atoms with Gasteiger partial charge >= 0.3 is 0 Å². The Morgan fingerprint density at radius 3 is 2.62 bits per heavy atom. The number of carbonyl (C=O) groups is 2. The van der Waals surface area contributed by atoms with Crippen molar-refractivity contribution in [3.63, 3.8) is 0 Å². The summed E-state index contributed by atoms with van der Waals surface area (Å²) in [5, 5.41) is 2.83. The van der Waals surface area contributed by atoms with E-state index in [0.29, 0.717) is 5.92 Å². The quantitative estimate of drug-likeness (QED) is 0.902. The Bertz CT molecular complexity index is 570. The van der Waals surface area contributed by atoms with Crippen LogP contribution in [0.3, 0.4) is 0 Å². The molecule has 24 heavy (non-hydrogen) atoms. The zero-order valence-electron chi connectivity index (χ0n) is 15.2. The molecule has 5 nitrogen and oxygen atoms in total. The lowest BCUT2D eigenvalue weighted by molar-refractivity contribution is -0.138. The predicted octanol–water partition coefficient (Wildman–Crippen LogP) is 2.51. The molecule has 1 N–H and O–H groups in total. The zero-order valence-corrected chi connectivity index (χ0v) is 15.2. The van der Waals surface area contributed by atoms with Gasteiger partial charge in [-0.3, -0.25) is 14.5 Å². The van der Waals surface area contributed by atoms with Crippen molar-refractivity contribution in [3.05, 3.63) is 29.8 Å². The molecule has 0 aliphatic carbocycles. The highest BCUT2D eigenvalue weighted by Crippen LogP contribution is 2.18. The van der Waals surface area contributed by atoms with Crippen molar-refractivity contribution >= 4 is 17.5 Å². The highest BCUT2D eigenvalue weighted by molar-refractivity contribution is 5.95. The van der Waals surface area contributed by atoms with Gasteiger partial charge in [-0.1, -0.05) is 24.6 Å². The van der Waals surface area contributed by atoms with Gasteiger partial charge in [-0.05, 0) is 51.3 Å². The second-order valence-corrected chi connectivity index (χ2v) is 7.03. The van der Waals surface area contributed by atoms with Gasteiger partial charge in [0.25, 0.3) is 0 Å². The van der Waals surface area contributed by atoms with E-state index >= 15 is 0 Å². The lowest BCUT2D eigenvalue weighted by Crippen LogP contribution is -2.50. The van der Waals surface area contributed by atoms with Crippen molar-refractivity contribution in [2.45, 2.75) is 39.7 Å². The smallest absolute Gasteiger partial charge is 0.243 e. The summed E-state index contributed by atoms with van der Waals surface area (Å²) in [4.78, 5) is 28.5. The summed E-state index contributed by atoms with van der Waals surface area (Å²) in [6.07, 6.45) is 2.36. The summed E-state index contributed by atoms with van der Waals surface area (Å²) in [6.45, 7) is 8.15. The van der Waals surface area contributed by atoms with E-state index in [0.717, 1.165) is 30.8 Å². The minimum Gasteiger partial charge on any atom is -0.335 e. The molecule has 1 aliphatic rings. The molecule has 0 radical (unpaired) electrons. The topological polar surface area (TPSA) is 52.7 Å². The van der Waals surface area contributed by atoms with E-state index in [1.54, 1.807) is 7.05 Å². The lowest BCUT2D eigenvalue weighted by Gasteiger charge is -2.36. The van der Waals surface area contributed by atoms with Gasteiger partial charge in [0.2, 0.25) is 11.8 Å². The number of rotatable bonds is 5. The molecule has 2 amide bonds. The number of nitrogens with one attached hydrogen (secondary N) is 1. The number of nitrogens with zero attached hydrogens (tertiary/aromatic N) is 2. The molecular formula is C19H29N3O2. The average Bonchev–Trinajstić information content (AvgIpc) is 2.55. The van der Waals surface area contributed by atoms with Crippen molar-refractivity contribution in [1.29, 1.82) is 0 Å². The first-order valence-electron chi connectivity index (χ1n) is 8.72. The van der Waals surface area contributed by atoms with Crippen LogP contribution < -0.4 is 5.32 Å². The van der Waals surface area contributed by atoms with Crippen molar-refractivity contribution in [2.75, 3.05) is 32.0 Å². The average molecular weight is 331 g/mol. The van der Waals surface area contributed by atoms with Gasteiger partial charge in [0, 0.05) is 19.3 Å². The Morgan fingerprint density at radius 2 is 2.00 bits per heavy atom. The fourth-order valence-corrected chi connectivity index (χ4v) is 3.18. The van der Waals surface area contributed by atoms with Gasteiger partial charge < -0.3 is 10.2 Å². The lowest BCUT2D eigenvalue weighted by atomic mass is 9.99. The maximum Gasteiger partial charge on any atom is 0.243 e. The minimum atomic E-state index is -0.176. The number of amides is 2. The molecule has 2 atom stereocenters. The van der Waals surface area contributed by atoms with E-state index in [1.807, 2.05) is 38.1 Å². The van der Waals surface area contributed by atoms with Gasteiger partial charge in [0.15, 0.2) is 0 Å². The maximum atomic E-state index is 12.6. The van der Waals surface area contributed by atoms with E-state index in [4.69, 9.17) is 0 Å². The van der Waals surface area contributed by atoms with Crippen molar-refractivity contribution in [1.82, 2.24) is 9.80 Å². The maximum absolute atomic E-state index is 12.6. The summed E-state index contributed by atoms with van der Waals surface area (Å²) >= 11 is 0. The summed E-state index contributed by atoms with van der Waals surface area (Å²) in [6, 6.07) is 7.46. The Morgan fingerprint density at radius 1 is 1.33 bits per heavy atom. The highest BCUT2D eigenvalue weighted by Gasteiger charge is 2.28. The van der Waals surface area contributed by atoms with E-state index in [1.165, 1.54) is 11.3 Å². The number of piperidine rings is 1. The van der Waals surface area contributed by atoms with E-state index < -0.39 is 0 Å². The summed E-state index contributed by atoms with van der Waals surface area (Å²) in [7, 11) is 1.70. The predicted molar refractivity (Wildman–Crippen MR) is 96.9 cm³/mol. The molecule has 1 fully saturated rings. The molecule has 1 aromatic carbocycles. The van der Waals surface area contributed by atoms with Crippen molar-refractivity contribution in [2.24, 2.45) is 5.92 Å². The van der Waals surface area contributed by atoms with Gasteiger partial charge in [0.1, 0.15) is 0 Å². The molecule has 0 bridgehead atoms. The number of anilines is 1. The molecular weight excluding hydrogens is 302 g/mol. The number of likely N-dealkylation sites (tertiary alicyclic amines) is 1. The van der Waals surface area contributed by atoms with Crippen LogP contribution in [-0.2, 0) is 9.59 Å². The van der Waals surface area contributed by atoms with Crippen LogP contribution in [0.5, 0.6) is 0 Å². The first-order valence-corrected chi connectivity index (χ1v) is 8.72. The molecule has 1 aliphatic heterocycles. The molecule has 1 saturated heterocycles. The third kappa shape index (κ3) is 5.06. The summed E-state index contributed by atoms with van der Waals surface area (Å²) in [5.74, 6) is 0.459. The van der Waals surface area contributed by atoms with Gasteiger partial charge in [-0.15, -0.1) is 0 Å². The molecule has 0 saturated carbocycles. The largest absolute Gasteiger partial charge is 0.335 e. The number of aryl methyl sites for hydroxylation is 1. The Hall–Kier alpha value is -1.88. The Balaban J connectivity index is 1.85. The number of carbonyl (C=O) groups excluding carboxylic acids is 2. The normalized spacial score (nSPS) is 19.6. The van der Waals surface area contributed by atoms with Crippen molar-refractivity contribution < 1.29 is 9.59 Å². The zero-order chi connectivity index (χ0) is 17.7. The SMILES string of the molecule is Cc1ccc(NC(=O)CN(C)C(=O)[C@H](C)N2CCC[C@H](C)C2)cc1. The fraction of sp³-hybridized carbons (Fsp3) is 0.579. The molecule has 5 heteroatoms. The van der Waals surface area contributed by atoms with Crippen LogP contribution in [0.1, 0.15) is 32.3 Å². The van der Waals surface area contributed by atoms with Gasteiger partial charge in [-0.25, -0.2) is 0 Å². The van der Waals surface area contributed by atoms with Gasteiger partial charge in [-0.2, -0.15) is 0 Å². The monoisotopic (exact) mass is 331 g/mol. The van der Waals surface area contributed by atoms with Crippen LogP contribution in [0.25, 0.3) is 0 Å². The second-order valence-electron chi connectivity index (χ2n) is 7.03. The minimum absolute atomic E-state index is 0.00292. The summed E-state index contributed by atoms with van der Waals surface area (Å²) in [5.41, 5.74) is 1.90. The van der Waals surface area contributed by atoms with Crippen LogP contribution in [0.4, 0.5) is 5.69 Å². The third-order valence-electron chi connectivity index (χ3n) is 4.69. The third-order valence-corrected chi connectivity index (χ3v) is 4.69. The molecule has 1 heterocycles. The summed E-state index contributed by atoms with van der Waals surface area (Å²) < 4.78 is 0. The first-order chi connectivity index (χ1) is 11.4. The van der Waals surface area contributed by atoms with Gasteiger partial charge in [0.05, 0.1) is 12.6 Å². The Labute approximate surface area is 145 Å². The molecule has 2 rings (SSSR count). The number of hydrogen-bond acceptors (Lipinski definition) is 3. The molecule has 132 valence electrons. The van der Waals surface area contributed by atoms with E-state index in [2.05, 4.69) is 17.1 Å². The van der Waals surface area contributed by atoms with E-state index in [-0.39, 0.29) is 24.4 Å². The van der Waals surface area contributed by atoms with Crippen LogP contribution in [0, 0.1) is 12.8 Å². The molecule has 0 spiro atoms. The van der Waals surface area contributed by atoms with Crippen molar-refractivity contribution in [3.8, 4) is 0 Å². The standard InChI is InChI=1S/C19H29N3O2/c1-14-7-9-17(10-8-14)20-18(23)13-21(4)19(24)16(3)22-11-5-6-15(2)12-22/h7-10,15-16H,5-6,11-13H2,1-4H3,(H,20,23)/t15-,16-/m0/s1. The second kappa shape index (κ2) is 8.29. The highest BCUT2D eigenvalue weighted by atomic mass is 16.2. The molecule has 0 unspecified atom stereocenters. The number of likely N-dealkylation sites (N-methyl/N-ethyl adjacent to an activating group) is 1. The fourth-order valence-electron chi connectivity index (χ4n) is 3.18. The molecule has 0 aromatic heterocycles. The van der Waals surface area contributed by atoms with Crippen LogP contribution >= 0.6 is 0 Å². The number of benzene rings is 1. The first kappa shape index (κ1) is 18.5. The number of hydrogen-bond donors (Lipinski definition) is 1.